The van der Waals surface area contributed by atoms with Gasteiger partial charge in [0.25, 0.3) is 0 Å². The number of nitrogens with zero attached hydrogens (tertiary/aromatic N) is 1. The average Bonchev–Trinajstić information content (AvgIpc) is 2.84. The molecule has 2 heterocycles. The number of likely N-dealkylation sites (tertiary alicyclic amines) is 1. The van der Waals surface area contributed by atoms with Gasteiger partial charge < -0.3 is 5.32 Å². The highest BCUT2D eigenvalue weighted by molar-refractivity contribution is 5.00. The monoisotopic (exact) mass is 194 g/mol. The smallest absolute Gasteiger partial charge is 0.0128 e. The van der Waals surface area contributed by atoms with E-state index < -0.39 is 0 Å². The van der Waals surface area contributed by atoms with Gasteiger partial charge in [0, 0.05) is 19.1 Å². The molecule has 1 N–H and O–H groups in total. The summed E-state index contributed by atoms with van der Waals surface area (Å²) in [5.74, 6) is 1.08. The lowest BCUT2D eigenvalue weighted by Crippen LogP contribution is -2.41. The molecule has 3 atom stereocenters. The number of fused-ring (bicyclic) bond motifs is 1. The minimum Gasteiger partial charge on any atom is -0.316 e. The van der Waals surface area contributed by atoms with Gasteiger partial charge in [-0.05, 0) is 50.1 Å². The Balaban J connectivity index is 1.60. The fraction of sp³-hybridized carbons (Fsp3) is 1.00. The quantitative estimate of drug-likeness (QED) is 0.716. The van der Waals surface area contributed by atoms with Crippen LogP contribution < -0.4 is 5.32 Å². The highest BCUT2D eigenvalue weighted by Gasteiger charge is 2.45. The first-order valence-electron chi connectivity index (χ1n) is 6.22. The average molecular weight is 194 g/mol. The van der Waals surface area contributed by atoms with E-state index in [1.165, 1.54) is 51.9 Å². The van der Waals surface area contributed by atoms with Gasteiger partial charge in [-0.25, -0.2) is 0 Å². The molecule has 2 aliphatic heterocycles. The standard InChI is InChI=1S/C12H22N2/c1-12(4-5-13-8-12)9-14-6-2-3-10-7-11(10)14/h10-11,13H,2-9H2,1H3/t10-,11+,12?/m1/s1. The van der Waals surface area contributed by atoms with Crippen LogP contribution in [-0.2, 0) is 0 Å². The van der Waals surface area contributed by atoms with Gasteiger partial charge in [0.2, 0.25) is 0 Å². The van der Waals surface area contributed by atoms with Crippen LogP contribution >= 0.6 is 0 Å². The summed E-state index contributed by atoms with van der Waals surface area (Å²) in [5, 5.41) is 3.50. The topological polar surface area (TPSA) is 15.3 Å². The Kier molecular flexibility index (Phi) is 2.10. The Morgan fingerprint density at radius 1 is 1.50 bits per heavy atom. The van der Waals surface area contributed by atoms with E-state index in [-0.39, 0.29) is 0 Å². The Hall–Kier alpha value is -0.0800. The van der Waals surface area contributed by atoms with Crippen molar-refractivity contribution in [1.82, 2.24) is 10.2 Å². The predicted octanol–water partition coefficient (Wildman–Crippen LogP) is 1.47. The van der Waals surface area contributed by atoms with E-state index in [1.54, 1.807) is 0 Å². The van der Waals surface area contributed by atoms with Gasteiger partial charge in [0.05, 0.1) is 0 Å². The van der Waals surface area contributed by atoms with E-state index >= 15 is 0 Å². The zero-order valence-corrected chi connectivity index (χ0v) is 9.26. The molecule has 0 radical (unpaired) electrons. The molecule has 1 unspecified atom stereocenters. The summed E-state index contributed by atoms with van der Waals surface area (Å²) in [7, 11) is 0. The molecule has 3 rings (SSSR count). The van der Waals surface area contributed by atoms with Crippen molar-refractivity contribution in [3.8, 4) is 0 Å². The van der Waals surface area contributed by atoms with Gasteiger partial charge in [-0.1, -0.05) is 6.92 Å². The van der Waals surface area contributed by atoms with E-state index in [4.69, 9.17) is 0 Å². The number of hydrogen-bond donors (Lipinski definition) is 1. The van der Waals surface area contributed by atoms with Crippen LogP contribution in [0.1, 0.15) is 32.6 Å². The second-order valence-corrected chi connectivity index (χ2v) is 5.91. The lowest BCUT2D eigenvalue weighted by atomic mass is 9.88. The van der Waals surface area contributed by atoms with Crippen molar-refractivity contribution in [3.05, 3.63) is 0 Å². The van der Waals surface area contributed by atoms with Crippen LogP contribution in [0.25, 0.3) is 0 Å². The zero-order valence-electron chi connectivity index (χ0n) is 9.26. The van der Waals surface area contributed by atoms with E-state index in [0.717, 1.165) is 12.0 Å². The summed E-state index contributed by atoms with van der Waals surface area (Å²) in [5.41, 5.74) is 0.574. The highest BCUT2D eigenvalue weighted by Crippen LogP contribution is 2.44. The molecule has 2 heteroatoms. The summed E-state index contributed by atoms with van der Waals surface area (Å²) in [6.07, 6.45) is 5.84. The fourth-order valence-electron chi connectivity index (χ4n) is 3.40. The molecule has 1 saturated carbocycles. The molecule has 0 bridgehead atoms. The van der Waals surface area contributed by atoms with Crippen molar-refractivity contribution in [3.63, 3.8) is 0 Å². The van der Waals surface area contributed by atoms with Crippen LogP contribution in [0.15, 0.2) is 0 Å². The van der Waals surface area contributed by atoms with Crippen molar-refractivity contribution in [2.75, 3.05) is 26.2 Å². The van der Waals surface area contributed by atoms with Gasteiger partial charge >= 0.3 is 0 Å². The lowest BCUT2D eigenvalue weighted by molar-refractivity contribution is 0.143. The minimum atomic E-state index is 0.574. The third-order valence-electron chi connectivity index (χ3n) is 4.42. The molecule has 2 saturated heterocycles. The van der Waals surface area contributed by atoms with Crippen LogP contribution in [-0.4, -0.2) is 37.1 Å². The summed E-state index contributed by atoms with van der Waals surface area (Å²) >= 11 is 0. The van der Waals surface area contributed by atoms with Crippen molar-refractivity contribution in [2.24, 2.45) is 11.3 Å². The van der Waals surface area contributed by atoms with E-state index in [0.29, 0.717) is 5.41 Å². The molecular formula is C12H22N2. The van der Waals surface area contributed by atoms with Gasteiger partial charge in [-0.2, -0.15) is 0 Å². The molecule has 1 aliphatic carbocycles. The maximum Gasteiger partial charge on any atom is 0.0128 e. The predicted molar refractivity (Wildman–Crippen MR) is 58.3 cm³/mol. The molecule has 3 fully saturated rings. The van der Waals surface area contributed by atoms with Gasteiger partial charge in [0.1, 0.15) is 0 Å². The maximum absolute atomic E-state index is 3.50. The molecule has 0 aromatic carbocycles. The number of nitrogens with one attached hydrogen (secondary N) is 1. The maximum atomic E-state index is 3.50. The van der Waals surface area contributed by atoms with E-state index in [9.17, 15) is 0 Å². The molecule has 0 spiro atoms. The third-order valence-corrected chi connectivity index (χ3v) is 4.42. The molecule has 0 aromatic heterocycles. The second kappa shape index (κ2) is 3.21. The normalized spacial score (nSPS) is 47.8. The highest BCUT2D eigenvalue weighted by atomic mass is 15.2. The Bertz CT molecular complexity index is 220. The van der Waals surface area contributed by atoms with Crippen molar-refractivity contribution in [1.29, 1.82) is 0 Å². The first-order valence-corrected chi connectivity index (χ1v) is 6.22. The van der Waals surface area contributed by atoms with Crippen molar-refractivity contribution >= 4 is 0 Å². The molecule has 3 aliphatic rings. The minimum absolute atomic E-state index is 0.574. The molecule has 14 heavy (non-hydrogen) atoms. The third kappa shape index (κ3) is 1.59. The van der Waals surface area contributed by atoms with E-state index in [2.05, 4.69) is 17.1 Å². The Labute approximate surface area is 87.0 Å². The zero-order chi connectivity index (χ0) is 9.60. The summed E-state index contributed by atoms with van der Waals surface area (Å²) in [6, 6.07) is 0.987. The second-order valence-electron chi connectivity index (χ2n) is 5.91. The van der Waals surface area contributed by atoms with Gasteiger partial charge in [0.15, 0.2) is 0 Å². The summed E-state index contributed by atoms with van der Waals surface area (Å²) in [4.78, 5) is 2.78. The molecule has 80 valence electrons. The van der Waals surface area contributed by atoms with Crippen LogP contribution in [0.3, 0.4) is 0 Å². The molecule has 0 amide bonds. The fourth-order valence-corrected chi connectivity index (χ4v) is 3.40. The van der Waals surface area contributed by atoms with E-state index in [1.807, 2.05) is 0 Å². The summed E-state index contributed by atoms with van der Waals surface area (Å²) < 4.78 is 0. The molecule has 0 aromatic rings. The lowest BCUT2D eigenvalue weighted by Gasteiger charge is -2.34. The van der Waals surface area contributed by atoms with Gasteiger partial charge in [-0.15, -0.1) is 0 Å². The summed E-state index contributed by atoms with van der Waals surface area (Å²) in [6.45, 7) is 7.65. The van der Waals surface area contributed by atoms with Crippen LogP contribution in [0.5, 0.6) is 0 Å². The largest absolute Gasteiger partial charge is 0.316 e. The van der Waals surface area contributed by atoms with Crippen molar-refractivity contribution < 1.29 is 0 Å². The molecule has 2 nitrogen and oxygen atoms in total. The molecular weight excluding hydrogens is 172 g/mol. The van der Waals surface area contributed by atoms with Gasteiger partial charge in [-0.3, -0.25) is 4.90 Å². The number of hydrogen-bond acceptors (Lipinski definition) is 2. The van der Waals surface area contributed by atoms with Crippen LogP contribution in [0.4, 0.5) is 0 Å². The Morgan fingerprint density at radius 2 is 2.43 bits per heavy atom. The van der Waals surface area contributed by atoms with Crippen LogP contribution in [0, 0.1) is 11.3 Å². The Morgan fingerprint density at radius 3 is 3.21 bits per heavy atom. The van der Waals surface area contributed by atoms with Crippen molar-refractivity contribution in [2.45, 2.75) is 38.6 Å². The SMILES string of the molecule is CC1(CN2CCC[C@@H]3C[C@@H]32)CCNC1. The first kappa shape index (κ1) is 9.17. The number of piperidine rings is 1. The first-order chi connectivity index (χ1) is 6.77. The van der Waals surface area contributed by atoms with Crippen LogP contribution in [0.2, 0.25) is 0 Å². The number of rotatable bonds is 2.